The second-order valence-electron chi connectivity index (χ2n) is 5.59. The van der Waals surface area contributed by atoms with Gasteiger partial charge in [0.05, 0.1) is 19.3 Å². The van der Waals surface area contributed by atoms with E-state index in [4.69, 9.17) is 14.2 Å². The Kier molecular flexibility index (Phi) is 7.30. The largest absolute Gasteiger partial charge is 0.490 e. The summed E-state index contributed by atoms with van der Waals surface area (Å²) in [6, 6.07) is 7.28. The van der Waals surface area contributed by atoms with Crippen LogP contribution in [0.25, 0.3) is 6.08 Å². The molecule has 134 valence electrons. The summed E-state index contributed by atoms with van der Waals surface area (Å²) in [4.78, 5) is 12.2. The second-order valence-corrected chi connectivity index (χ2v) is 5.59. The van der Waals surface area contributed by atoms with Crippen LogP contribution in [0.2, 0.25) is 0 Å². The standard InChI is InChI=1S/C19H24N2O4/c1-3-23-17-8-7-14(11-18(17)24-4-2)10-15(12-20)19(22)21-13-16-6-5-9-25-16/h7-8,10-11,16H,3-6,9,13H2,1-2H3,(H,21,22)/b15-10-/t16-/m0/s1. The summed E-state index contributed by atoms with van der Waals surface area (Å²) in [5.41, 5.74) is 0.750. The summed E-state index contributed by atoms with van der Waals surface area (Å²) in [7, 11) is 0. The van der Waals surface area contributed by atoms with Crippen LogP contribution in [-0.2, 0) is 9.53 Å². The van der Waals surface area contributed by atoms with Crippen LogP contribution in [-0.4, -0.2) is 38.4 Å². The number of hydrogen-bond donors (Lipinski definition) is 1. The van der Waals surface area contributed by atoms with E-state index in [0.29, 0.717) is 36.8 Å². The lowest BCUT2D eigenvalue weighted by atomic mass is 10.1. The van der Waals surface area contributed by atoms with E-state index >= 15 is 0 Å². The highest BCUT2D eigenvalue weighted by atomic mass is 16.5. The average Bonchev–Trinajstić information content (AvgIpc) is 3.13. The molecule has 0 aromatic heterocycles. The first kappa shape index (κ1) is 18.8. The maximum absolute atomic E-state index is 12.2. The molecule has 0 saturated carbocycles. The Labute approximate surface area is 148 Å². The quantitative estimate of drug-likeness (QED) is 0.579. The Morgan fingerprint density at radius 3 is 2.76 bits per heavy atom. The molecule has 1 fully saturated rings. The predicted molar refractivity (Wildman–Crippen MR) is 94.4 cm³/mol. The smallest absolute Gasteiger partial charge is 0.262 e. The molecular formula is C19H24N2O4. The Hall–Kier alpha value is -2.52. The van der Waals surface area contributed by atoms with Gasteiger partial charge in [-0.15, -0.1) is 0 Å². The first-order valence-corrected chi connectivity index (χ1v) is 8.59. The molecule has 6 heteroatoms. The summed E-state index contributed by atoms with van der Waals surface area (Å²) in [5.74, 6) is 0.836. The first-order valence-electron chi connectivity index (χ1n) is 8.59. The molecule has 0 radical (unpaired) electrons. The van der Waals surface area contributed by atoms with Crippen molar-refractivity contribution in [3.05, 3.63) is 29.3 Å². The van der Waals surface area contributed by atoms with E-state index in [1.807, 2.05) is 19.9 Å². The molecule has 1 heterocycles. The molecule has 1 aliphatic heterocycles. The third-order valence-electron chi connectivity index (χ3n) is 3.76. The summed E-state index contributed by atoms with van der Waals surface area (Å²) in [6.45, 7) is 5.97. The van der Waals surface area contributed by atoms with Crippen LogP contribution in [0.4, 0.5) is 0 Å². The first-order chi connectivity index (χ1) is 12.2. The fourth-order valence-electron chi connectivity index (χ4n) is 2.58. The molecule has 1 atom stereocenters. The molecule has 6 nitrogen and oxygen atoms in total. The Morgan fingerprint density at radius 1 is 1.36 bits per heavy atom. The summed E-state index contributed by atoms with van der Waals surface area (Å²) < 4.78 is 16.5. The molecule has 2 rings (SSSR count). The fraction of sp³-hybridized carbons (Fsp3) is 0.474. The molecule has 1 aromatic rings. The van der Waals surface area contributed by atoms with Gasteiger partial charge in [-0.3, -0.25) is 4.79 Å². The molecular weight excluding hydrogens is 320 g/mol. The van der Waals surface area contributed by atoms with Crippen molar-refractivity contribution >= 4 is 12.0 Å². The van der Waals surface area contributed by atoms with Crippen LogP contribution in [0.5, 0.6) is 11.5 Å². The molecule has 1 saturated heterocycles. The van der Waals surface area contributed by atoms with E-state index in [1.54, 1.807) is 24.3 Å². The highest BCUT2D eigenvalue weighted by Gasteiger charge is 2.17. The van der Waals surface area contributed by atoms with Crippen LogP contribution >= 0.6 is 0 Å². The zero-order valence-electron chi connectivity index (χ0n) is 14.7. The van der Waals surface area contributed by atoms with Crippen LogP contribution in [0, 0.1) is 11.3 Å². The van der Waals surface area contributed by atoms with Gasteiger partial charge in [0.25, 0.3) is 5.91 Å². The number of amides is 1. The van der Waals surface area contributed by atoms with E-state index in [-0.39, 0.29) is 11.7 Å². The van der Waals surface area contributed by atoms with Crippen LogP contribution in [0.15, 0.2) is 23.8 Å². The molecule has 25 heavy (non-hydrogen) atoms. The molecule has 0 aliphatic carbocycles. The number of carbonyl (C=O) groups is 1. The average molecular weight is 344 g/mol. The van der Waals surface area contributed by atoms with Gasteiger partial charge in [-0.1, -0.05) is 6.07 Å². The molecule has 0 bridgehead atoms. The van der Waals surface area contributed by atoms with E-state index in [0.717, 1.165) is 19.4 Å². The van der Waals surface area contributed by atoms with Gasteiger partial charge in [0.2, 0.25) is 0 Å². The van der Waals surface area contributed by atoms with Crippen molar-refractivity contribution in [2.45, 2.75) is 32.8 Å². The van der Waals surface area contributed by atoms with Crippen molar-refractivity contribution in [3.63, 3.8) is 0 Å². The Morgan fingerprint density at radius 2 is 2.12 bits per heavy atom. The molecule has 0 unspecified atom stereocenters. The molecule has 0 spiro atoms. The van der Waals surface area contributed by atoms with Crippen molar-refractivity contribution in [2.24, 2.45) is 0 Å². The predicted octanol–water partition coefficient (Wildman–Crippen LogP) is 2.69. The lowest BCUT2D eigenvalue weighted by Crippen LogP contribution is -2.32. The van der Waals surface area contributed by atoms with Crippen LogP contribution < -0.4 is 14.8 Å². The normalized spacial score (nSPS) is 17.0. The van der Waals surface area contributed by atoms with Crippen molar-refractivity contribution < 1.29 is 19.0 Å². The topological polar surface area (TPSA) is 80.6 Å². The monoisotopic (exact) mass is 344 g/mol. The van der Waals surface area contributed by atoms with Gasteiger partial charge in [0.15, 0.2) is 11.5 Å². The number of carbonyl (C=O) groups excluding carboxylic acids is 1. The van der Waals surface area contributed by atoms with Crippen molar-refractivity contribution in [2.75, 3.05) is 26.4 Å². The third kappa shape index (κ3) is 5.50. The fourth-order valence-corrected chi connectivity index (χ4v) is 2.58. The minimum atomic E-state index is -0.398. The minimum Gasteiger partial charge on any atom is -0.490 e. The number of ether oxygens (including phenoxy) is 3. The van der Waals surface area contributed by atoms with E-state index < -0.39 is 5.91 Å². The van der Waals surface area contributed by atoms with Gasteiger partial charge in [-0.2, -0.15) is 5.26 Å². The van der Waals surface area contributed by atoms with E-state index in [2.05, 4.69) is 5.32 Å². The zero-order chi connectivity index (χ0) is 18.1. The van der Waals surface area contributed by atoms with Gasteiger partial charge in [0.1, 0.15) is 11.6 Å². The third-order valence-corrected chi connectivity index (χ3v) is 3.76. The van der Waals surface area contributed by atoms with E-state index in [9.17, 15) is 10.1 Å². The van der Waals surface area contributed by atoms with Gasteiger partial charge in [-0.25, -0.2) is 0 Å². The number of nitriles is 1. The van der Waals surface area contributed by atoms with Crippen molar-refractivity contribution in [3.8, 4) is 17.6 Å². The highest BCUT2D eigenvalue weighted by molar-refractivity contribution is 6.01. The number of nitrogens with zero attached hydrogens (tertiary/aromatic N) is 1. The van der Waals surface area contributed by atoms with Crippen LogP contribution in [0.1, 0.15) is 32.3 Å². The molecule has 1 aliphatic rings. The van der Waals surface area contributed by atoms with Gasteiger partial charge in [0, 0.05) is 13.2 Å². The summed E-state index contributed by atoms with van der Waals surface area (Å²) >= 11 is 0. The summed E-state index contributed by atoms with van der Waals surface area (Å²) in [6.07, 6.45) is 3.53. The lowest BCUT2D eigenvalue weighted by molar-refractivity contribution is -0.117. The molecule has 1 amide bonds. The maximum Gasteiger partial charge on any atom is 0.262 e. The molecule has 1 aromatic carbocycles. The SMILES string of the molecule is CCOc1ccc(/C=C(/C#N)C(=O)NC[C@@H]2CCCO2)cc1OCC. The number of benzene rings is 1. The Balaban J connectivity index is 2.10. The van der Waals surface area contributed by atoms with Crippen molar-refractivity contribution in [1.29, 1.82) is 5.26 Å². The number of rotatable bonds is 8. The second kappa shape index (κ2) is 9.70. The van der Waals surface area contributed by atoms with Gasteiger partial charge in [-0.05, 0) is 50.5 Å². The van der Waals surface area contributed by atoms with Crippen LogP contribution in [0.3, 0.4) is 0 Å². The summed E-state index contributed by atoms with van der Waals surface area (Å²) in [5, 5.41) is 12.1. The lowest BCUT2D eigenvalue weighted by Gasteiger charge is -2.12. The van der Waals surface area contributed by atoms with Crippen molar-refractivity contribution in [1.82, 2.24) is 5.32 Å². The minimum absolute atomic E-state index is 0.0407. The number of hydrogen-bond acceptors (Lipinski definition) is 5. The Bertz CT molecular complexity index is 658. The highest BCUT2D eigenvalue weighted by Crippen LogP contribution is 2.29. The number of nitrogens with one attached hydrogen (secondary N) is 1. The maximum atomic E-state index is 12.2. The molecule has 1 N–H and O–H groups in total. The van der Waals surface area contributed by atoms with Gasteiger partial charge >= 0.3 is 0 Å². The van der Waals surface area contributed by atoms with Gasteiger partial charge < -0.3 is 19.5 Å². The van der Waals surface area contributed by atoms with E-state index in [1.165, 1.54) is 0 Å². The zero-order valence-corrected chi connectivity index (χ0v) is 14.7.